The van der Waals surface area contributed by atoms with E-state index >= 15 is 0 Å². The summed E-state index contributed by atoms with van der Waals surface area (Å²) in [6.07, 6.45) is 3.45. The Kier molecular flexibility index (Phi) is 4.18. The molecule has 0 spiro atoms. The van der Waals surface area contributed by atoms with Crippen LogP contribution in [0.2, 0.25) is 0 Å². The number of carbonyl (C=O) groups excluding carboxylic acids is 1. The minimum absolute atomic E-state index is 0.0492. The highest BCUT2D eigenvalue weighted by Gasteiger charge is 2.22. The van der Waals surface area contributed by atoms with Crippen LogP contribution in [-0.2, 0) is 0 Å². The van der Waals surface area contributed by atoms with Crippen LogP contribution in [0.1, 0.15) is 41.2 Å². The number of aryl methyl sites for hydroxylation is 1. The first kappa shape index (κ1) is 17.3. The molecule has 1 atom stereocenters. The molecule has 1 amide bonds. The summed E-state index contributed by atoms with van der Waals surface area (Å²) in [6.45, 7) is 2.07. The first-order valence-corrected chi connectivity index (χ1v) is 8.97. The number of rotatable bonds is 2. The Morgan fingerprint density at radius 2 is 2.04 bits per heavy atom. The number of benzene rings is 2. The van der Waals surface area contributed by atoms with Crippen LogP contribution >= 0.6 is 0 Å². The molecule has 0 aliphatic heterocycles. The second-order valence-electron chi connectivity index (χ2n) is 6.99. The van der Waals surface area contributed by atoms with E-state index in [1.807, 2.05) is 18.2 Å². The lowest BCUT2D eigenvalue weighted by molar-refractivity contribution is 0.100. The molecule has 0 fully saturated rings. The number of aromatic nitrogens is 1. The predicted molar refractivity (Wildman–Crippen MR) is 106 cm³/mol. The fourth-order valence-corrected chi connectivity index (χ4v) is 4.01. The summed E-state index contributed by atoms with van der Waals surface area (Å²) >= 11 is 0. The minimum atomic E-state index is -0.472. The third kappa shape index (κ3) is 2.97. The van der Waals surface area contributed by atoms with E-state index in [2.05, 4.69) is 28.6 Å². The molecule has 138 valence electrons. The maximum atomic E-state index is 13.6. The van der Waals surface area contributed by atoms with Gasteiger partial charge in [0.1, 0.15) is 0 Å². The van der Waals surface area contributed by atoms with Gasteiger partial charge in [0.15, 0.2) is 5.96 Å². The maximum Gasteiger partial charge on any atom is 0.280 e. The molecule has 4 N–H and O–H groups in total. The molecule has 0 saturated carbocycles. The van der Waals surface area contributed by atoms with Crippen LogP contribution < -0.4 is 11.5 Å². The molecule has 1 unspecified atom stereocenters. The summed E-state index contributed by atoms with van der Waals surface area (Å²) in [7, 11) is 0. The van der Waals surface area contributed by atoms with Crippen molar-refractivity contribution >= 4 is 33.7 Å². The Balaban J connectivity index is 1.98. The molecule has 0 radical (unpaired) electrons. The average molecular weight is 364 g/mol. The zero-order valence-electron chi connectivity index (χ0n) is 15.1. The summed E-state index contributed by atoms with van der Waals surface area (Å²) in [5, 5.41) is 2.22. The van der Waals surface area contributed by atoms with E-state index in [9.17, 15) is 9.18 Å². The van der Waals surface area contributed by atoms with Crippen LogP contribution in [0.3, 0.4) is 0 Å². The second kappa shape index (κ2) is 6.54. The quantitative estimate of drug-likeness (QED) is 0.530. The van der Waals surface area contributed by atoms with E-state index in [1.165, 1.54) is 0 Å². The molecule has 27 heavy (non-hydrogen) atoms. The first-order chi connectivity index (χ1) is 13.0. The van der Waals surface area contributed by atoms with E-state index in [4.69, 9.17) is 11.5 Å². The third-order valence-corrected chi connectivity index (χ3v) is 5.21. The lowest BCUT2D eigenvalue weighted by Crippen LogP contribution is -2.24. The molecule has 0 bridgehead atoms. The molecular weight excluding hydrogens is 343 g/mol. The highest BCUT2D eigenvalue weighted by atomic mass is 19.1. The van der Waals surface area contributed by atoms with Crippen molar-refractivity contribution in [1.29, 1.82) is 0 Å². The van der Waals surface area contributed by atoms with Gasteiger partial charge in [0.2, 0.25) is 0 Å². The molecule has 3 aromatic rings. The van der Waals surface area contributed by atoms with Gasteiger partial charge in [0, 0.05) is 34.3 Å². The first-order valence-electron chi connectivity index (χ1n) is 8.97. The van der Waals surface area contributed by atoms with Crippen LogP contribution in [0, 0.1) is 6.92 Å². The Hall–Kier alpha value is -3.15. The summed E-state index contributed by atoms with van der Waals surface area (Å²) in [6, 6.07) is 11.8. The van der Waals surface area contributed by atoms with Crippen LogP contribution in [0.25, 0.3) is 21.8 Å². The average Bonchev–Trinajstić information content (AvgIpc) is 2.96. The maximum absolute atomic E-state index is 13.6. The Bertz CT molecular complexity index is 1120. The Morgan fingerprint density at radius 1 is 1.22 bits per heavy atom. The highest BCUT2D eigenvalue weighted by molar-refractivity contribution is 6.12. The van der Waals surface area contributed by atoms with Crippen molar-refractivity contribution in [2.45, 2.75) is 32.2 Å². The monoisotopic (exact) mass is 364 g/mol. The number of guanidine groups is 1. The zero-order chi connectivity index (χ0) is 19.1. The van der Waals surface area contributed by atoms with Gasteiger partial charge in [-0.15, -0.1) is 0 Å². The predicted octanol–water partition coefficient (Wildman–Crippen LogP) is 4.09. The molecule has 2 aromatic carbocycles. The summed E-state index contributed by atoms with van der Waals surface area (Å²) in [4.78, 5) is 15.9. The number of carbonyl (C=O) groups is 1. The number of fused-ring (bicyclic) bond motifs is 3. The summed E-state index contributed by atoms with van der Waals surface area (Å²) in [5.41, 5.74) is 14.3. The molecule has 6 heteroatoms. The summed E-state index contributed by atoms with van der Waals surface area (Å²) in [5.74, 6) is -0.781. The highest BCUT2D eigenvalue weighted by Crippen LogP contribution is 2.38. The zero-order valence-corrected chi connectivity index (χ0v) is 15.1. The number of aliphatic imine (C=N–C) groups is 1. The summed E-state index contributed by atoms with van der Waals surface area (Å²) < 4.78 is 15.8. The van der Waals surface area contributed by atoms with Gasteiger partial charge in [-0.05, 0) is 43.5 Å². The lowest BCUT2D eigenvalue weighted by Gasteiger charge is -2.23. The number of nitrogens with zero attached hydrogens (tertiary/aromatic N) is 2. The van der Waals surface area contributed by atoms with Gasteiger partial charge in [0.25, 0.3) is 5.91 Å². The lowest BCUT2D eigenvalue weighted by atomic mass is 10.0. The van der Waals surface area contributed by atoms with Crippen LogP contribution in [0.15, 0.2) is 53.3 Å². The van der Waals surface area contributed by atoms with Gasteiger partial charge in [0.05, 0.1) is 11.3 Å². The number of hydrogen-bond acceptors (Lipinski definition) is 1. The number of nitrogens with two attached hydrogens (primary N) is 2. The van der Waals surface area contributed by atoms with E-state index in [1.54, 1.807) is 12.1 Å². The minimum Gasteiger partial charge on any atom is -0.370 e. The fourth-order valence-electron chi connectivity index (χ4n) is 4.01. The molecule has 0 saturated heterocycles. The van der Waals surface area contributed by atoms with Crippen molar-refractivity contribution in [2.75, 3.05) is 0 Å². The molecule has 1 aliphatic carbocycles. The topological polar surface area (TPSA) is 86.4 Å². The Morgan fingerprint density at radius 3 is 2.74 bits per heavy atom. The molecule has 1 aromatic heterocycles. The van der Waals surface area contributed by atoms with Gasteiger partial charge >= 0.3 is 0 Å². The molecule has 1 heterocycles. The van der Waals surface area contributed by atoms with Crippen molar-refractivity contribution in [3.05, 3.63) is 59.4 Å². The smallest absolute Gasteiger partial charge is 0.280 e. The van der Waals surface area contributed by atoms with E-state index in [0.717, 1.165) is 33.8 Å². The standard InChI is InChI=1S/C21H21FN4O/c1-12-3-2-4-17-19(12)16-10-5-13(20(27)25-21(23)24)11-18(16)26(17)15-8-6-14(22)7-9-15/h2-6,10-11,15H,7-9H2,1H3,(H4,23,24,25,27). The van der Waals surface area contributed by atoms with Gasteiger partial charge in [-0.1, -0.05) is 24.3 Å². The van der Waals surface area contributed by atoms with Crippen molar-refractivity contribution < 1.29 is 9.18 Å². The van der Waals surface area contributed by atoms with Crippen molar-refractivity contribution in [2.24, 2.45) is 16.5 Å². The SMILES string of the molecule is Cc1cccc2c1c1ccc(C(=O)N=C(N)N)cc1n2C1CC=C(F)CC1. The van der Waals surface area contributed by atoms with Gasteiger partial charge < -0.3 is 16.0 Å². The van der Waals surface area contributed by atoms with Gasteiger partial charge in [-0.25, -0.2) is 4.39 Å². The molecule has 4 rings (SSSR count). The van der Waals surface area contributed by atoms with Crippen LogP contribution in [0.5, 0.6) is 0 Å². The van der Waals surface area contributed by atoms with Crippen LogP contribution in [-0.4, -0.2) is 16.4 Å². The van der Waals surface area contributed by atoms with E-state index in [-0.39, 0.29) is 17.8 Å². The number of amides is 1. The van der Waals surface area contributed by atoms with Gasteiger partial charge in [-0.3, -0.25) is 4.79 Å². The number of hydrogen-bond donors (Lipinski definition) is 2. The largest absolute Gasteiger partial charge is 0.370 e. The molecular formula is C21H21FN4O. The van der Waals surface area contributed by atoms with Crippen molar-refractivity contribution in [3.8, 4) is 0 Å². The number of allylic oxidation sites excluding steroid dienone is 2. The third-order valence-electron chi connectivity index (χ3n) is 5.21. The van der Waals surface area contributed by atoms with E-state index in [0.29, 0.717) is 18.4 Å². The fraction of sp³-hybridized carbons (Fsp3) is 0.238. The van der Waals surface area contributed by atoms with E-state index < -0.39 is 5.91 Å². The molecule has 5 nitrogen and oxygen atoms in total. The normalized spacial score (nSPS) is 17.1. The van der Waals surface area contributed by atoms with Crippen molar-refractivity contribution in [1.82, 2.24) is 4.57 Å². The Labute approximate surface area is 156 Å². The second-order valence-corrected chi connectivity index (χ2v) is 6.99. The van der Waals surface area contributed by atoms with Gasteiger partial charge in [-0.2, -0.15) is 4.99 Å². The molecule has 1 aliphatic rings. The van der Waals surface area contributed by atoms with Crippen LogP contribution in [0.4, 0.5) is 4.39 Å². The van der Waals surface area contributed by atoms with Crippen molar-refractivity contribution in [3.63, 3.8) is 0 Å². The number of halogens is 1.